The van der Waals surface area contributed by atoms with Crippen molar-refractivity contribution in [3.8, 4) is 5.75 Å². The van der Waals surface area contributed by atoms with Crippen LogP contribution in [0.5, 0.6) is 5.75 Å². The van der Waals surface area contributed by atoms with Gasteiger partial charge < -0.3 is 4.74 Å². The molecule has 0 aromatic heterocycles. The number of para-hydroxylation sites is 1. The molecule has 2 nitrogen and oxygen atoms in total. The summed E-state index contributed by atoms with van der Waals surface area (Å²) in [5, 5.41) is 0. The van der Waals surface area contributed by atoms with Crippen molar-refractivity contribution in [2.75, 3.05) is 6.61 Å². The number of carbonyl (C=O) groups excluding carboxylic acids is 1. The van der Waals surface area contributed by atoms with Crippen molar-refractivity contribution in [3.05, 3.63) is 136 Å². The van der Waals surface area contributed by atoms with E-state index in [1.54, 1.807) is 12.1 Å². The molecule has 0 saturated carbocycles. The van der Waals surface area contributed by atoms with Gasteiger partial charge in [-0.3, -0.25) is 4.79 Å². The summed E-state index contributed by atoms with van der Waals surface area (Å²) in [4.78, 5) is 12.6. The molecular formula is C27H21BrO2. The van der Waals surface area contributed by atoms with Gasteiger partial charge in [0.2, 0.25) is 0 Å². The SMILES string of the molecule is O=C(COc1ccccc1C(c1ccccc1)c1ccccc1)c1ccc(Br)cc1. The van der Waals surface area contributed by atoms with Crippen LogP contribution in [0.2, 0.25) is 0 Å². The van der Waals surface area contributed by atoms with Crippen molar-refractivity contribution >= 4 is 21.7 Å². The summed E-state index contributed by atoms with van der Waals surface area (Å²) in [6, 6.07) is 36.0. The molecule has 0 fully saturated rings. The second kappa shape index (κ2) is 9.55. The monoisotopic (exact) mass is 456 g/mol. The molecule has 0 aliphatic rings. The van der Waals surface area contributed by atoms with Gasteiger partial charge in [-0.15, -0.1) is 0 Å². The Morgan fingerprint density at radius 3 is 1.83 bits per heavy atom. The van der Waals surface area contributed by atoms with E-state index in [1.807, 2.05) is 66.7 Å². The van der Waals surface area contributed by atoms with Crippen LogP contribution in [-0.4, -0.2) is 12.4 Å². The van der Waals surface area contributed by atoms with Crippen molar-refractivity contribution in [2.24, 2.45) is 0 Å². The molecular weight excluding hydrogens is 436 g/mol. The first-order valence-electron chi connectivity index (χ1n) is 9.83. The maximum atomic E-state index is 12.6. The summed E-state index contributed by atoms with van der Waals surface area (Å²) in [5.41, 5.74) is 4.04. The molecule has 0 heterocycles. The Hall–Kier alpha value is -3.17. The largest absolute Gasteiger partial charge is 0.485 e. The molecule has 0 amide bonds. The maximum absolute atomic E-state index is 12.6. The Morgan fingerprint density at radius 1 is 0.700 bits per heavy atom. The zero-order chi connectivity index (χ0) is 20.8. The highest BCUT2D eigenvalue weighted by atomic mass is 79.9. The van der Waals surface area contributed by atoms with Crippen LogP contribution in [0, 0.1) is 0 Å². The fourth-order valence-corrected chi connectivity index (χ4v) is 3.82. The number of hydrogen-bond acceptors (Lipinski definition) is 2. The van der Waals surface area contributed by atoms with Crippen LogP contribution in [0.3, 0.4) is 0 Å². The van der Waals surface area contributed by atoms with Crippen LogP contribution in [0.1, 0.15) is 33.0 Å². The van der Waals surface area contributed by atoms with Crippen LogP contribution in [0.15, 0.2) is 114 Å². The predicted octanol–water partition coefficient (Wildman–Crippen LogP) is 6.89. The summed E-state index contributed by atoms with van der Waals surface area (Å²) in [6.07, 6.45) is 0. The van der Waals surface area contributed by atoms with E-state index >= 15 is 0 Å². The molecule has 0 bridgehead atoms. The number of rotatable bonds is 7. The van der Waals surface area contributed by atoms with Crippen LogP contribution < -0.4 is 4.74 Å². The number of Topliss-reactive ketones (excluding diaryl/α,β-unsaturated/α-hetero) is 1. The van der Waals surface area contributed by atoms with E-state index in [0.29, 0.717) is 5.56 Å². The Bertz CT molecular complexity index is 1070. The molecule has 0 saturated heterocycles. The van der Waals surface area contributed by atoms with Crippen molar-refractivity contribution in [2.45, 2.75) is 5.92 Å². The first-order valence-corrected chi connectivity index (χ1v) is 10.6. The second-order valence-electron chi connectivity index (χ2n) is 7.01. The van der Waals surface area contributed by atoms with Crippen LogP contribution in [-0.2, 0) is 0 Å². The Balaban J connectivity index is 1.65. The molecule has 4 aromatic rings. The fourth-order valence-electron chi connectivity index (χ4n) is 3.56. The number of hydrogen-bond donors (Lipinski definition) is 0. The Kier molecular flexibility index (Phi) is 6.41. The highest BCUT2D eigenvalue weighted by molar-refractivity contribution is 9.10. The third-order valence-electron chi connectivity index (χ3n) is 5.02. The lowest BCUT2D eigenvalue weighted by Gasteiger charge is -2.22. The van der Waals surface area contributed by atoms with E-state index in [4.69, 9.17) is 4.74 Å². The molecule has 4 rings (SSSR count). The molecule has 0 radical (unpaired) electrons. The topological polar surface area (TPSA) is 26.3 Å². The lowest BCUT2D eigenvalue weighted by Crippen LogP contribution is -2.13. The van der Waals surface area contributed by atoms with Gasteiger partial charge in [-0.25, -0.2) is 0 Å². The zero-order valence-corrected chi connectivity index (χ0v) is 18.0. The molecule has 0 spiro atoms. The highest BCUT2D eigenvalue weighted by Gasteiger charge is 2.20. The molecule has 4 aromatic carbocycles. The fraction of sp³-hybridized carbons (Fsp3) is 0.0741. The van der Waals surface area contributed by atoms with E-state index in [9.17, 15) is 4.79 Å². The lowest BCUT2D eigenvalue weighted by atomic mass is 9.85. The van der Waals surface area contributed by atoms with Crippen molar-refractivity contribution in [1.82, 2.24) is 0 Å². The average Bonchev–Trinajstić information content (AvgIpc) is 2.80. The number of ether oxygens (including phenoxy) is 1. The average molecular weight is 457 g/mol. The summed E-state index contributed by atoms with van der Waals surface area (Å²) in [6.45, 7) is -0.00501. The third kappa shape index (κ3) is 4.69. The van der Waals surface area contributed by atoms with E-state index in [0.717, 1.165) is 15.8 Å². The van der Waals surface area contributed by atoms with E-state index in [1.165, 1.54) is 11.1 Å². The standard InChI is InChI=1S/C27H21BrO2/c28-23-17-15-20(16-18-23)25(29)19-30-26-14-8-7-13-24(26)27(21-9-3-1-4-10-21)22-11-5-2-6-12-22/h1-18,27H,19H2. The van der Waals surface area contributed by atoms with Gasteiger partial charge in [0.15, 0.2) is 12.4 Å². The van der Waals surface area contributed by atoms with Gasteiger partial charge >= 0.3 is 0 Å². The first kappa shape index (κ1) is 20.1. The molecule has 0 atom stereocenters. The van der Waals surface area contributed by atoms with Gasteiger partial charge in [0.25, 0.3) is 0 Å². The number of benzene rings is 4. The van der Waals surface area contributed by atoms with Gasteiger partial charge in [0.1, 0.15) is 5.75 Å². The van der Waals surface area contributed by atoms with Gasteiger partial charge in [0.05, 0.1) is 0 Å². The first-order chi connectivity index (χ1) is 14.7. The molecule has 0 unspecified atom stereocenters. The summed E-state index contributed by atoms with van der Waals surface area (Å²) >= 11 is 3.40. The van der Waals surface area contributed by atoms with Crippen LogP contribution in [0.4, 0.5) is 0 Å². The summed E-state index contributed by atoms with van der Waals surface area (Å²) < 4.78 is 6.99. The lowest BCUT2D eigenvalue weighted by molar-refractivity contribution is 0.0921. The van der Waals surface area contributed by atoms with Gasteiger partial charge in [-0.05, 0) is 29.3 Å². The zero-order valence-electron chi connectivity index (χ0n) is 16.4. The Labute approximate surface area is 185 Å². The van der Waals surface area contributed by atoms with Crippen molar-refractivity contribution < 1.29 is 9.53 Å². The van der Waals surface area contributed by atoms with Crippen molar-refractivity contribution in [3.63, 3.8) is 0 Å². The molecule has 3 heteroatoms. The quantitative estimate of drug-likeness (QED) is 0.223. The smallest absolute Gasteiger partial charge is 0.200 e. The number of halogens is 1. The number of ketones is 1. The van der Waals surface area contributed by atoms with E-state index in [-0.39, 0.29) is 18.3 Å². The predicted molar refractivity (Wildman–Crippen MR) is 124 cm³/mol. The Morgan fingerprint density at radius 2 is 1.23 bits per heavy atom. The molecule has 0 aliphatic heterocycles. The summed E-state index contributed by atoms with van der Waals surface area (Å²) in [5.74, 6) is 0.695. The van der Waals surface area contributed by atoms with Crippen LogP contribution >= 0.6 is 15.9 Å². The maximum Gasteiger partial charge on any atom is 0.200 e. The van der Waals surface area contributed by atoms with Gasteiger partial charge in [-0.1, -0.05) is 107 Å². The molecule has 0 N–H and O–H groups in total. The van der Waals surface area contributed by atoms with E-state index < -0.39 is 0 Å². The third-order valence-corrected chi connectivity index (χ3v) is 5.55. The number of carbonyl (C=O) groups is 1. The molecule has 30 heavy (non-hydrogen) atoms. The van der Waals surface area contributed by atoms with Gasteiger partial charge in [-0.2, -0.15) is 0 Å². The second-order valence-corrected chi connectivity index (χ2v) is 7.93. The minimum absolute atomic E-state index is 0.00501. The minimum Gasteiger partial charge on any atom is -0.485 e. The van der Waals surface area contributed by atoms with Crippen LogP contribution in [0.25, 0.3) is 0 Å². The van der Waals surface area contributed by atoms with Gasteiger partial charge in [0, 0.05) is 21.5 Å². The summed E-state index contributed by atoms with van der Waals surface area (Å²) in [7, 11) is 0. The highest BCUT2D eigenvalue weighted by Crippen LogP contribution is 2.37. The molecule has 148 valence electrons. The van der Waals surface area contributed by atoms with E-state index in [2.05, 4.69) is 46.3 Å². The minimum atomic E-state index is -0.0479. The molecule has 0 aliphatic carbocycles. The normalized spacial score (nSPS) is 10.7. The van der Waals surface area contributed by atoms with Crippen molar-refractivity contribution in [1.29, 1.82) is 0 Å².